The van der Waals surface area contributed by atoms with Gasteiger partial charge in [-0.05, 0) is 62.8 Å². The van der Waals surface area contributed by atoms with Crippen molar-refractivity contribution in [1.29, 1.82) is 0 Å². The molecule has 2 bridgehead atoms. The van der Waals surface area contributed by atoms with Crippen molar-refractivity contribution in [1.82, 2.24) is 9.97 Å². The van der Waals surface area contributed by atoms with Crippen LogP contribution in [0.25, 0.3) is 0 Å². The normalized spacial score (nSPS) is 20.5. The maximum absolute atomic E-state index is 12.6. The Hall–Kier alpha value is -2.50. The number of carbonyl (C=O) groups excluding carboxylic acids is 2. The summed E-state index contributed by atoms with van der Waals surface area (Å²) in [6.45, 7) is 7.74. The lowest BCUT2D eigenvalue weighted by Crippen LogP contribution is -2.28. The van der Waals surface area contributed by atoms with Gasteiger partial charge < -0.3 is 19.4 Å². The molecular weight excluding hydrogens is 332 g/mol. The van der Waals surface area contributed by atoms with Crippen LogP contribution in [0, 0.1) is 0 Å². The van der Waals surface area contributed by atoms with Crippen molar-refractivity contribution in [2.75, 3.05) is 6.61 Å². The fraction of sp³-hybridized carbons (Fsp3) is 0.500. The van der Waals surface area contributed by atoms with Crippen molar-refractivity contribution >= 4 is 11.9 Å². The second kappa shape index (κ2) is 5.76. The molecule has 0 radical (unpaired) electrons. The van der Waals surface area contributed by atoms with Gasteiger partial charge in [-0.15, -0.1) is 0 Å². The smallest absolute Gasteiger partial charge is 0.355 e. The second-order valence-electron chi connectivity index (χ2n) is 7.97. The van der Waals surface area contributed by atoms with Gasteiger partial charge in [0.15, 0.2) is 0 Å². The summed E-state index contributed by atoms with van der Waals surface area (Å²) in [5, 5.41) is 0. The van der Waals surface area contributed by atoms with Gasteiger partial charge in [0, 0.05) is 24.2 Å². The minimum atomic E-state index is -0.543. The molecule has 138 valence electrons. The topological polar surface area (TPSA) is 84.2 Å². The molecule has 3 aliphatic carbocycles. The number of ether oxygens (including phenoxy) is 2. The van der Waals surface area contributed by atoms with E-state index in [4.69, 9.17) is 9.47 Å². The fourth-order valence-electron chi connectivity index (χ4n) is 4.34. The molecule has 2 N–H and O–H groups in total. The summed E-state index contributed by atoms with van der Waals surface area (Å²) < 4.78 is 10.8. The van der Waals surface area contributed by atoms with E-state index in [1.165, 1.54) is 0 Å². The lowest BCUT2D eigenvalue weighted by molar-refractivity contribution is 0.00614. The lowest BCUT2D eigenvalue weighted by Gasteiger charge is -2.37. The highest BCUT2D eigenvalue weighted by molar-refractivity contribution is 5.93. The number of H-pyrrole nitrogens is 2. The zero-order chi connectivity index (χ0) is 18.6. The quantitative estimate of drug-likeness (QED) is 0.818. The summed E-state index contributed by atoms with van der Waals surface area (Å²) in [4.78, 5) is 31.2. The van der Waals surface area contributed by atoms with Crippen LogP contribution in [0.4, 0.5) is 0 Å². The summed E-state index contributed by atoms with van der Waals surface area (Å²) in [5.74, 6) is -0.443. The average molecular weight is 356 g/mol. The molecule has 0 saturated carbocycles. The standard InChI is InChI=1S/C20H24N2O4/c1-5-25-18(23)16-14-10-6-7-11(12(14)8-21-16)15-13(10)9-22-17(15)19(24)26-20(2,3)4/h8-11,21-22H,5-7H2,1-4H3. The van der Waals surface area contributed by atoms with Crippen LogP contribution in [0.2, 0.25) is 0 Å². The van der Waals surface area contributed by atoms with E-state index < -0.39 is 5.60 Å². The van der Waals surface area contributed by atoms with E-state index in [2.05, 4.69) is 9.97 Å². The minimum absolute atomic E-state index is 0.0956. The van der Waals surface area contributed by atoms with Crippen molar-refractivity contribution in [3.8, 4) is 0 Å². The number of aromatic nitrogens is 2. The summed E-state index contributed by atoms with van der Waals surface area (Å²) in [7, 11) is 0. The van der Waals surface area contributed by atoms with Gasteiger partial charge in [0.2, 0.25) is 0 Å². The van der Waals surface area contributed by atoms with Crippen molar-refractivity contribution in [3.63, 3.8) is 0 Å². The molecule has 6 nitrogen and oxygen atoms in total. The van der Waals surface area contributed by atoms with E-state index in [0.717, 1.165) is 35.1 Å². The lowest BCUT2D eigenvalue weighted by atomic mass is 9.65. The number of rotatable bonds is 3. The van der Waals surface area contributed by atoms with Crippen molar-refractivity contribution in [3.05, 3.63) is 46.0 Å². The summed E-state index contributed by atoms with van der Waals surface area (Å²) in [6.07, 6.45) is 5.71. The van der Waals surface area contributed by atoms with Crippen LogP contribution in [-0.2, 0) is 9.47 Å². The van der Waals surface area contributed by atoms with Gasteiger partial charge in [-0.2, -0.15) is 0 Å². The molecule has 0 aromatic carbocycles. The van der Waals surface area contributed by atoms with Crippen LogP contribution < -0.4 is 0 Å². The Morgan fingerprint density at radius 3 is 1.96 bits per heavy atom. The maximum atomic E-state index is 12.6. The third-order valence-corrected chi connectivity index (χ3v) is 5.18. The van der Waals surface area contributed by atoms with Gasteiger partial charge in [-0.1, -0.05) is 0 Å². The molecule has 0 saturated heterocycles. The predicted molar refractivity (Wildman–Crippen MR) is 95.6 cm³/mol. The molecule has 2 atom stereocenters. The van der Waals surface area contributed by atoms with E-state index in [1.54, 1.807) is 6.92 Å². The molecule has 2 unspecified atom stereocenters. The van der Waals surface area contributed by atoms with Gasteiger partial charge in [-0.25, -0.2) is 9.59 Å². The second-order valence-corrected chi connectivity index (χ2v) is 7.97. The fourth-order valence-corrected chi connectivity index (χ4v) is 4.34. The minimum Gasteiger partial charge on any atom is -0.461 e. The highest BCUT2D eigenvalue weighted by Gasteiger charge is 2.44. The Morgan fingerprint density at radius 2 is 1.50 bits per heavy atom. The number of fused-ring (bicyclic) bond motifs is 1. The first-order chi connectivity index (χ1) is 12.3. The number of esters is 2. The average Bonchev–Trinajstić information content (AvgIpc) is 3.20. The molecule has 3 aliphatic rings. The first kappa shape index (κ1) is 16.9. The summed E-state index contributed by atoms with van der Waals surface area (Å²) >= 11 is 0. The van der Waals surface area contributed by atoms with Gasteiger partial charge in [0.25, 0.3) is 0 Å². The zero-order valence-corrected chi connectivity index (χ0v) is 15.6. The number of aromatic amines is 2. The Kier molecular flexibility index (Phi) is 3.75. The molecule has 0 fully saturated rings. The van der Waals surface area contributed by atoms with E-state index >= 15 is 0 Å². The SMILES string of the molecule is CCOC(=O)c1[nH]cc2c1C1CCC2c2c1c[nH]c2C(=O)OC(C)(C)C. The number of hydrogen-bond donors (Lipinski definition) is 2. The van der Waals surface area contributed by atoms with Crippen molar-refractivity contribution < 1.29 is 19.1 Å². The molecule has 6 heteroatoms. The summed E-state index contributed by atoms with van der Waals surface area (Å²) in [5.41, 5.74) is 4.79. The molecule has 2 heterocycles. The van der Waals surface area contributed by atoms with Crippen LogP contribution in [0.1, 0.15) is 95.6 Å². The maximum Gasteiger partial charge on any atom is 0.355 e. The molecule has 0 spiro atoms. The Balaban J connectivity index is 1.75. The van der Waals surface area contributed by atoms with Gasteiger partial charge in [0.1, 0.15) is 17.0 Å². The first-order valence-electron chi connectivity index (χ1n) is 9.14. The number of carbonyl (C=O) groups is 2. The number of nitrogens with one attached hydrogen (secondary N) is 2. The van der Waals surface area contributed by atoms with Crippen LogP contribution in [0.5, 0.6) is 0 Å². The van der Waals surface area contributed by atoms with Crippen LogP contribution in [0.15, 0.2) is 12.4 Å². The third kappa shape index (κ3) is 2.47. The zero-order valence-electron chi connectivity index (χ0n) is 15.6. The third-order valence-electron chi connectivity index (χ3n) is 5.18. The predicted octanol–water partition coefficient (Wildman–Crippen LogP) is 3.85. The van der Waals surface area contributed by atoms with Crippen LogP contribution in [0.3, 0.4) is 0 Å². The Labute approximate surface area is 152 Å². The number of hydrogen-bond acceptors (Lipinski definition) is 4. The van der Waals surface area contributed by atoms with E-state index in [-0.39, 0.29) is 23.8 Å². The van der Waals surface area contributed by atoms with Crippen molar-refractivity contribution in [2.45, 2.75) is 58.0 Å². The van der Waals surface area contributed by atoms with E-state index in [0.29, 0.717) is 18.0 Å². The van der Waals surface area contributed by atoms with Gasteiger partial charge >= 0.3 is 11.9 Å². The highest BCUT2D eigenvalue weighted by Crippen LogP contribution is 2.55. The van der Waals surface area contributed by atoms with Crippen LogP contribution in [-0.4, -0.2) is 34.1 Å². The molecule has 5 rings (SSSR count). The Morgan fingerprint density at radius 1 is 1.00 bits per heavy atom. The van der Waals surface area contributed by atoms with E-state index in [9.17, 15) is 9.59 Å². The molecule has 0 aliphatic heterocycles. The Bertz CT molecular complexity index is 884. The van der Waals surface area contributed by atoms with Crippen molar-refractivity contribution in [2.24, 2.45) is 0 Å². The first-order valence-corrected chi connectivity index (χ1v) is 9.14. The molecule has 2 aromatic heterocycles. The molecule has 2 aromatic rings. The van der Waals surface area contributed by atoms with Gasteiger partial charge in [0.05, 0.1) is 6.61 Å². The largest absolute Gasteiger partial charge is 0.461 e. The highest BCUT2D eigenvalue weighted by atomic mass is 16.6. The molecule has 26 heavy (non-hydrogen) atoms. The monoisotopic (exact) mass is 356 g/mol. The van der Waals surface area contributed by atoms with Gasteiger partial charge in [-0.3, -0.25) is 0 Å². The molecule has 0 amide bonds. The van der Waals surface area contributed by atoms with Crippen LogP contribution >= 0.6 is 0 Å². The molecular formula is C20H24N2O4. The van der Waals surface area contributed by atoms with E-state index in [1.807, 2.05) is 33.2 Å². The summed E-state index contributed by atoms with van der Waals surface area (Å²) in [6, 6.07) is 0.